The standard InChI is InChI=1S/C47H49N9O6S2/c1-25(2)41(46(60)56-23-32(57)20-36(56)44(59)50-27(4)29-10-12-30(13-11-29)43-28(5)49-24-63-43)38-22-40(54-62-38)61-47-48-17-14-39(51-47)55-18-15-31(16-19-55)42-26(3)34-21-35(52-53-45(34)64-42)33-8-6-7-9-37(33)58/h6-14,17,21-22,24-25,27,31-32,36,41,57-58H,15-16,18-20,23H2,1-5H3,(H,50,59)/t27-,32?,36?,41+/m0/s1. The van der Waals surface area contributed by atoms with Crippen LogP contribution in [0, 0.1) is 19.8 Å². The zero-order valence-corrected chi connectivity index (χ0v) is 37.8. The predicted molar refractivity (Wildman–Crippen MR) is 245 cm³/mol. The Morgan fingerprint density at radius 1 is 0.984 bits per heavy atom. The van der Waals surface area contributed by atoms with Crippen LogP contribution in [0.2, 0.25) is 0 Å². The maximum absolute atomic E-state index is 14.3. The van der Waals surface area contributed by atoms with Gasteiger partial charge in [-0.15, -0.1) is 32.9 Å². The number of carbonyl (C=O) groups excluding carboxylic acids is 2. The lowest BCUT2D eigenvalue weighted by Gasteiger charge is -2.32. The lowest BCUT2D eigenvalue weighted by atomic mass is 9.91. The number of aliphatic hydroxyl groups excluding tert-OH is 1. The summed E-state index contributed by atoms with van der Waals surface area (Å²) in [6, 6.07) is 19.5. The van der Waals surface area contributed by atoms with Gasteiger partial charge in [-0.1, -0.05) is 50.2 Å². The molecule has 3 N–H and O–H groups in total. The highest BCUT2D eigenvalue weighted by molar-refractivity contribution is 7.19. The number of anilines is 1. The summed E-state index contributed by atoms with van der Waals surface area (Å²) in [5.41, 5.74) is 7.28. The fraction of sp³-hybridized carbons (Fsp3) is 0.362. The smallest absolute Gasteiger partial charge is 0.325 e. The summed E-state index contributed by atoms with van der Waals surface area (Å²) in [5, 5.41) is 38.3. The minimum Gasteiger partial charge on any atom is -0.507 e. The van der Waals surface area contributed by atoms with Crippen molar-refractivity contribution in [3.63, 3.8) is 0 Å². The van der Waals surface area contributed by atoms with Crippen LogP contribution in [0.15, 0.2) is 83.0 Å². The summed E-state index contributed by atoms with van der Waals surface area (Å²) < 4.78 is 11.7. The first-order valence-corrected chi connectivity index (χ1v) is 23.2. The fourth-order valence-corrected chi connectivity index (χ4v) is 10.9. The van der Waals surface area contributed by atoms with Crippen LogP contribution in [0.1, 0.15) is 85.4 Å². The molecule has 2 aromatic carbocycles. The van der Waals surface area contributed by atoms with Gasteiger partial charge in [0.2, 0.25) is 11.8 Å². The van der Waals surface area contributed by atoms with E-state index in [1.165, 1.54) is 15.3 Å². The normalized spacial score (nSPS) is 17.9. The molecule has 15 nitrogen and oxygen atoms in total. The molecule has 0 spiro atoms. The van der Waals surface area contributed by atoms with Gasteiger partial charge in [-0.05, 0) is 91.6 Å². The van der Waals surface area contributed by atoms with Gasteiger partial charge in [-0.2, -0.15) is 4.98 Å². The summed E-state index contributed by atoms with van der Waals surface area (Å²) in [7, 11) is 0. The molecule has 0 aliphatic carbocycles. The van der Waals surface area contributed by atoms with Crippen LogP contribution in [-0.2, 0) is 9.59 Å². The van der Waals surface area contributed by atoms with E-state index < -0.39 is 18.1 Å². The number of β-amino-alcohol motifs (C(OH)–C–C–N with tert-alkyl or cyclic N) is 1. The fourth-order valence-electron chi connectivity index (χ4n) is 8.85. The lowest BCUT2D eigenvalue weighted by Crippen LogP contribution is -2.48. The number of hydrogen-bond donors (Lipinski definition) is 3. The van der Waals surface area contributed by atoms with Crippen LogP contribution in [-0.4, -0.2) is 89.0 Å². The first-order chi connectivity index (χ1) is 30.9. The number of rotatable bonds is 12. The largest absolute Gasteiger partial charge is 0.507 e. The topological polar surface area (TPSA) is 193 Å². The molecule has 9 rings (SSSR count). The second-order valence-electron chi connectivity index (χ2n) is 16.9. The number of amides is 2. The van der Waals surface area contributed by atoms with Crippen molar-refractivity contribution in [1.29, 1.82) is 0 Å². The van der Waals surface area contributed by atoms with Gasteiger partial charge < -0.3 is 34.6 Å². The number of aromatic nitrogens is 6. The molecule has 0 bridgehead atoms. The van der Waals surface area contributed by atoms with E-state index in [2.05, 4.69) is 42.5 Å². The Hall–Kier alpha value is -6.30. The molecule has 2 fully saturated rings. The first-order valence-electron chi connectivity index (χ1n) is 21.5. The summed E-state index contributed by atoms with van der Waals surface area (Å²) in [5.74, 6) is -0.0856. The summed E-state index contributed by atoms with van der Waals surface area (Å²) in [4.78, 5) is 48.4. The third-order valence-corrected chi connectivity index (χ3v) is 14.6. The molecular weight excluding hydrogens is 851 g/mol. The van der Waals surface area contributed by atoms with E-state index in [0.717, 1.165) is 63.7 Å². The number of thiazole rings is 1. The van der Waals surface area contributed by atoms with Crippen molar-refractivity contribution in [3.05, 3.63) is 106 Å². The number of thiophene rings is 1. The number of hydrogen-bond acceptors (Lipinski definition) is 15. The SMILES string of the molecule is Cc1ncsc1-c1ccc([C@H](C)NC(=O)C2CC(O)CN2C(=O)[C@@H](c2cc(Oc3nccc(N4CCC(c5sc6nnc(-c7ccccc7O)cc6c5C)CC4)n3)no2)C(C)C)cc1. The molecule has 330 valence electrons. The molecule has 2 saturated heterocycles. The molecule has 17 heteroatoms. The molecule has 2 aliphatic rings. The Balaban J connectivity index is 0.828. The summed E-state index contributed by atoms with van der Waals surface area (Å²) >= 11 is 3.27. The number of para-hydroxylation sites is 1. The highest BCUT2D eigenvalue weighted by Gasteiger charge is 2.43. The summed E-state index contributed by atoms with van der Waals surface area (Å²) in [6.07, 6.45) is 2.75. The van der Waals surface area contributed by atoms with Crippen molar-refractivity contribution < 1.29 is 29.1 Å². The van der Waals surface area contributed by atoms with Crippen molar-refractivity contribution in [2.75, 3.05) is 24.5 Å². The minimum absolute atomic E-state index is 0.0207. The van der Waals surface area contributed by atoms with Crippen LogP contribution < -0.4 is 15.0 Å². The van der Waals surface area contributed by atoms with E-state index in [-0.39, 0.29) is 60.1 Å². The van der Waals surface area contributed by atoms with E-state index >= 15 is 0 Å². The number of likely N-dealkylation sites (tertiary alicyclic amines) is 1. The second kappa shape index (κ2) is 18.1. The van der Waals surface area contributed by atoms with Crippen molar-refractivity contribution in [3.8, 4) is 39.3 Å². The van der Waals surface area contributed by atoms with Gasteiger partial charge in [0.05, 0.1) is 33.9 Å². The molecule has 2 unspecified atom stereocenters. The number of aromatic hydroxyl groups is 1. The predicted octanol–water partition coefficient (Wildman–Crippen LogP) is 8.34. The molecule has 7 aromatic rings. The van der Waals surface area contributed by atoms with E-state index in [0.29, 0.717) is 17.2 Å². The molecule has 64 heavy (non-hydrogen) atoms. The maximum atomic E-state index is 14.3. The monoisotopic (exact) mass is 899 g/mol. The van der Waals surface area contributed by atoms with Crippen molar-refractivity contribution in [1.82, 2.24) is 40.5 Å². The number of fused-ring (bicyclic) bond motifs is 1. The number of aryl methyl sites for hydroxylation is 2. The van der Waals surface area contributed by atoms with E-state index in [1.54, 1.807) is 47.1 Å². The quantitative estimate of drug-likeness (QED) is 0.106. The number of nitrogens with one attached hydrogen (secondary N) is 1. The summed E-state index contributed by atoms with van der Waals surface area (Å²) in [6.45, 7) is 11.4. The number of carbonyl (C=O) groups is 2. The van der Waals surface area contributed by atoms with Gasteiger partial charge in [-0.25, -0.2) is 9.97 Å². The van der Waals surface area contributed by atoms with E-state index in [9.17, 15) is 19.8 Å². The Bertz CT molecular complexity index is 2800. The molecule has 7 heterocycles. The molecule has 0 saturated carbocycles. The van der Waals surface area contributed by atoms with E-state index in [4.69, 9.17) is 14.2 Å². The second-order valence-corrected chi connectivity index (χ2v) is 18.8. The van der Waals surface area contributed by atoms with Crippen molar-refractivity contribution in [2.24, 2.45) is 5.92 Å². The third-order valence-electron chi connectivity index (χ3n) is 12.3. The Kier molecular flexibility index (Phi) is 12.1. The zero-order valence-electron chi connectivity index (χ0n) is 36.1. The van der Waals surface area contributed by atoms with Crippen molar-refractivity contribution in [2.45, 2.75) is 83.9 Å². The highest BCUT2D eigenvalue weighted by Crippen LogP contribution is 2.41. The van der Waals surface area contributed by atoms with Crippen LogP contribution in [0.3, 0.4) is 0 Å². The molecule has 2 aliphatic heterocycles. The number of phenolic OH excluding ortho intramolecular Hbond substituents is 1. The number of aliphatic hydroxyl groups is 1. The van der Waals surface area contributed by atoms with Crippen LogP contribution in [0.25, 0.3) is 31.9 Å². The van der Waals surface area contributed by atoms with Gasteiger partial charge >= 0.3 is 6.01 Å². The number of nitrogens with zero attached hydrogens (tertiary/aromatic N) is 8. The maximum Gasteiger partial charge on any atom is 0.325 e. The third kappa shape index (κ3) is 8.66. The van der Waals surface area contributed by atoms with Crippen LogP contribution in [0.5, 0.6) is 17.6 Å². The van der Waals surface area contributed by atoms with Gasteiger partial charge in [-0.3, -0.25) is 9.59 Å². The Morgan fingerprint density at radius 3 is 2.50 bits per heavy atom. The first kappa shape index (κ1) is 43.0. The van der Waals surface area contributed by atoms with Gasteiger partial charge in [0.25, 0.3) is 5.88 Å². The number of ether oxygens (including phenoxy) is 1. The van der Waals surface area contributed by atoms with Crippen molar-refractivity contribution >= 4 is 50.5 Å². The van der Waals surface area contributed by atoms with Gasteiger partial charge in [0.15, 0.2) is 5.76 Å². The molecule has 0 radical (unpaired) electrons. The Labute approximate surface area is 378 Å². The molecule has 5 aromatic heterocycles. The van der Waals surface area contributed by atoms with Gasteiger partial charge in [0, 0.05) is 54.1 Å². The molecule has 2 amide bonds. The Morgan fingerprint density at radius 2 is 1.77 bits per heavy atom. The number of phenols is 1. The van der Waals surface area contributed by atoms with E-state index in [1.807, 2.05) is 81.7 Å². The molecule has 4 atom stereocenters. The molecular formula is C47H49N9O6S2. The van der Waals surface area contributed by atoms with Crippen LogP contribution in [0.4, 0.5) is 5.82 Å². The zero-order chi connectivity index (χ0) is 44.6. The average Bonchev–Trinajstić information content (AvgIpc) is 4.11. The lowest BCUT2D eigenvalue weighted by molar-refractivity contribution is -0.141. The van der Waals surface area contributed by atoms with Gasteiger partial charge in [0.1, 0.15) is 28.4 Å². The minimum atomic E-state index is -0.863. The number of benzene rings is 2. The average molecular weight is 900 g/mol. The van der Waals surface area contributed by atoms with Crippen LogP contribution >= 0.6 is 22.7 Å². The number of piperidine rings is 1. The highest BCUT2D eigenvalue weighted by atomic mass is 32.1.